The van der Waals surface area contributed by atoms with Gasteiger partial charge in [0.15, 0.2) is 6.61 Å². The number of rotatable bonds is 7. The molecule has 1 amide bonds. The minimum Gasteiger partial charge on any atom is -0.508 e. The third-order valence-electron chi connectivity index (χ3n) is 11.7. The van der Waals surface area contributed by atoms with Crippen LogP contribution in [0, 0.1) is 28.6 Å². The zero-order valence-electron chi connectivity index (χ0n) is 25.1. The minimum absolute atomic E-state index is 0.0370. The van der Waals surface area contributed by atoms with E-state index in [0.717, 1.165) is 43.3 Å². The lowest BCUT2D eigenvalue weighted by atomic mass is 9.45. The number of aromatic nitrogens is 1. The van der Waals surface area contributed by atoms with Crippen molar-refractivity contribution in [3.05, 3.63) is 41.6 Å². The molecule has 10 heteroatoms. The highest BCUT2D eigenvalue weighted by molar-refractivity contribution is 5.96. The fraction of sp³-hybridized carbons (Fsp3) is 0.606. The van der Waals surface area contributed by atoms with Gasteiger partial charge in [-0.05, 0) is 105 Å². The largest absolute Gasteiger partial charge is 0.508 e. The fourth-order valence-corrected chi connectivity index (χ4v) is 9.16. The number of carboxylic acids is 1. The highest BCUT2D eigenvalue weighted by Gasteiger charge is 2.64. The van der Waals surface area contributed by atoms with Gasteiger partial charge in [0.2, 0.25) is 0 Å². The number of aliphatic hydroxyl groups is 2. The second kappa shape index (κ2) is 10.7. The molecule has 5 unspecified atom stereocenters. The SMILES string of the molecule is C[C@]12CC/C(=N\OCC(=O)NC(Cc3c[nH]c4ccc(O)cc34)C(=O)O)C=C1CCC1C2C(O)C[C@@]2(C)C1CC[C@]2(C)O. The van der Waals surface area contributed by atoms with Gasteiger partial charge in [-0.2, -0.15) is 0 Å². The summed E-state index contributed by atoms with van der Waals surface area (Å²) >= 11 is 0. The summed E-state index contributed by atoms with van der Waals surface area (Å²) < 4.78 is 0. The number of carbonyl (C=O) groups excluding carboxylic acids is 1. The Morgan fingerprint density at radius 3 is 2.74 bits per heavy atom. The third-order valence-corrected chi connectivity index (χ3v) is 11.7. The average Bonchev–Trinajstić information content (AvgIpc) is 3.44. The van der Waals surface area contributed by atoms with Crippen LogP contribution in [0.1, 0.15) is 71.3 Å². The topological polar surface area (TPSA) is 164 Å². The highest BCUT2D eigenvalue weighted by Crippen LogP contribution is 2.67. The number of fused-ring (bicyclic) bond motifs is 6. The van der Waals surface area contributed by atoms with Gasteiger partial charge in [0.05, 0.1) is 17.4 Å². The number of carboxylic acid groups (broad SMARTS) is 1. The van der Waals surface area contributed by atoms with Gasteiger partial charge in [0.25, 0.3) is 5.91 Å². The Bertz CT molecular complexity index is 1490. The van der Waals surface area contributed by atoms with Gasteiger partial charge in [-0.1, -0.05) is 24.6 Å². The molecule has 4 aliphatic carbocycles. The summed E-state index contributed by atoms with van der Waals surface area (Å²) in [5.74, 6) is -0.767. The van der Waals surface area contributed by atoms with Crippen LogP contribution in [-0.2, 0) is 20.8 Å². The van der Waals surface area contributed by atoms with Crippen molar-refractivity contribution >= 4 is 28.5 Å². The van der Waals surface area contributed by atoms with Crippen molar-refractivity contribution in [2.45, 2.75) is 89.9 Å². The maximum absolute atomic E-state index is 12.6. The number of carbonyl (C=O) groups is 2. The predicted molar refractivity (Wildman–Crippen MR) is 160 cm³/mol. The van der Waals surface area contributed by atoms with E-state index in [0.29, 0.717) is 35.6 Å². The van der Waals surface area contributed by atoms with E-state index in [1.165, 1.54) is 5.57 Å². The Morgan fingerprint density at radius 2 is 1.98 bits per heavy atom. The molecule has 232 valence electrons. The van der Waals surface area contributed by atoms with E-state index >= 15 is 0 Å². The molecule has 2 aromatic rings. The number of aromatic amines is 1. The molecule has 0 aliphatic heterocycles. The van der Waals surface area contributed by atoms with E-state index in [1.807, 2.05) is 6.92 Å². The van der Waals surface area contributed by atoms with E-state index in [4.69, 9.17) is 4.84 Å². The van der Waals surface area contributed by atoms with Crippen LogP contribution in [-0.4, -0.2) is 67.4 Å². The molecule has 1 aromatic heterocycles. The normalized spacial score (nSPS) is 36.8. The molecule has 3 saturated carbocycles. The molecule has 1 aromatic carbocycles. The van der Waals surface area contributed by atoms with E-state index in [-0.39, 0.29) is 28.9 Å². The molecule has 1 heterocycles. The monoisotopic (exact) mass is 593 g/mol. The number of nitrogens with one attached hydrogen (secondary N) is 2. The number of H-pyrrole nitrogens is 1. The number of nitrogens with zero attached hydrogens (tertiary/aromatic N) is 1. The number of amides is 1. The molecule has 6 rings (SSSR count). The highest BCUT2D eigenvalue weighted by atomic mass is 16.6. The van der Waals surface area contributed by atoms with Gasteiger partial charge in [-0.25, -0.2) is 4.79 Å². The first-order chi connectivity index (χ1) is 20.3. The van der Waals surface area contributed by atoms with Crippen LogP contribution in [0.5, 0.6) is 5.75 Å². The average molecular weight is 594 g/mol. The number of hydrogen-bond donors (Lipinski definition) is 6. The van der Waals surface area contributed by atoms with Crippen LogP contribution in [0.25, 0.3) is 10.9 Å². The standard InChI is InChI=1S/C33H43N3O7/c1-31-10-8-20(13-19(31)4-6-22-24-9-11-33(3,42)32(24,2)15-27(38)29(22)31)36-43-17-28(39)35-26(30(40)41)12-18-16-34-25-7-5-21(37)14-23(18)25/h5,7,13-14,16,22,24,26-27,29,34,37-38,42H,4,6,8-12,15,17H2,1-3H3,(H,35,39)(H,40,41)/b36-20+/t22?,24?,26?,27?,29?,31-,32-,33-/m0/s1. The Balaban J connectivity index is 1.09. The molecule has 0 spiro atoms. The molecule has 0 radical (unpaired) electrons. The van der Waals surface area contributed by atoms with Crippen molar-refractivity contribution < 1.29 is 34.9 Å². The third kappa shape index (κ3) is 5.02. The number of aromatic hydroxyl groups is 1. The van der Waals surface area contributed by atoms with Gasteiger partial charge in [0.1, 0.15) is 11.8 Å². The number of oxime groups is 1. The number of aliphatic carboxylic acids is 1. The lowest BCUT2D eigenvalue weighted by Gasteiger charge is -2.60. The second-order valence-electron chi connectivity index (χ2n) is 14.0. The maximum atomic E-state index is 12.6. The van der Waals surface area contributed by atoms with Gasteiger partial charge < -0.3 is 35.6 Å². The van der Waals surface area contributed by atoms with Crippen molar-refractivity contribution in [2.24, 2.45) is 33.7 Å². The summed E-state index contributed by atoms with van der Waals surface area (Å²) in [6.07, 6.45) is 9.07. The van der Waals surface area contributed by atoms with Crippen LogP contribution in [0.2, 0.25) is 0 Å². The first kappa shape index (κ1) is 29.7. The Kier molecular flexibility index (Phi) is 7.36. The predicted octanol–water partition coefficient (Wildman–Crippen LogP) is 4.04. The van der Waals surface area contributed by atoms with Crippen LogP contribution in [0.3, 0.4) is 0 Å². The zero-order valence-corrected chi connectivity index (χ0v) is 25.1. The number of hydrogen-bond acceptors (Lipinski definition) is 7. The summed E-state index contributed by atoms with van der Waals surface area (Å²) in [6.45, 7) is 5.97. The molecular weight excluding hydrogens is 550 g/mol. The van der Waals surface area contributed by atoms with E-state index in [2.05, 4.69) is 35.4 Å². The molecule has 0 bridgehead atoms. The molecule has 0 saturated heterocycles. The lowest BCUT2D eigenvalue weighted by molar-refractivity contribution is -0.164. The summed E-state index contributed by atoms with van der Waals surface area (Å²) in [5.41, 5.74) is 2.26. The molecule has 8 atom stereocenters. The summed E-state index contributed by atoms with van der Waals surface area (Å²) in [7, 11) is 0. The first-order valence-corrected chi connectivity index (χ1v) is 15.4. The van der Waals surface area contributed by atoms with Crippen LogP contribution >= 0.6 is 0 Å². The van der Waals surface area contributed by atoms with E-state index in [1.54, 1.807) is 24.4 Å². The minimum atomic E-state index is -1.18. The van der Waals surface area contributed by atoms with Crippen molar-refractivity contribution in [2.75, 3.05) is 6.61 Å². The van der Waals surface area contributed by atoms with E-state index in [9.17, 15) is 30.0 Å². The molecule has 43 heavy (non-hydrogen) atoms. The van der Waals surface area contributed by atoms with Crippen LogP contribution < -0.4 is 5.32 Å². The quantitative estimate of drug-likeness (QED) is 0.264. The van der Waals surface area contributed by atoms with Crippen molar-refractivity contribution in [1.29, 1.82) is 0 Å². The molecule has 6 N–H and O–H groups in total. The summed E-state index contributed by atoms with van der Waals surface area (Å²) in [6, 6.07) is 3.63. The summed E-state index contributed by atoms with van der Waals surface area (Å²) in [4.78, 5) is 32.9. The maximum Gasteiger partial charge on any atom is 0.326 e. The smallest absolute Gasteiger partial charge is 0.326 e. The van der Waals surface area contributed by atoms with Crippen LogP contribution in [0.15, 0.2) is 41.2 Å². The van der Waals surface area contributed by atoms with Gasteiger partial charge in [0, 0.05) is 28.9 Å². The second-order valence-corrected chi connectivity index (χ2v) is 14.0. The van der Waals surface area contributed by atoms with Gasteiger partial charge >= 0.3 is 5.97 Å². The molecule has 4 aliphatic rings. The number of phenols is 1. The van der Waals surface area contributed by atoms with Crippen molar-refractivity contribution in [1.82, 2.24) is 10.3 Å². The molecular formula is C33H43N3O7. The van der Waals surface area contributed by atoms with Gasteiger partial charge in [-0.15, -0.1) is 0 Å². The zero-order chi connectivity index (χ0) is 30.7. The summed E-state index contributed by atoms with van der Waals surface area (Å²) in [5, 5.41) is 49.6. The van der Waals surface area contributed by atoms with Gasteiger partial charge in [-0.3, -0.25) is 4.79 Å². The fourth-order valence-electron chi connectivity index (χ4n) is 9.16. The van der Waals surface area contributed by atoms with E-state index < -0.39 is 36.2 Å². The van der Waals surface area contributed by atoms with Crippen molar-refractivity contribution in [3.63, 3.8) is 0 Å². The molecule has 10 nitrogen and oxygen atoms in total. The lowest BCUT2D eigenvalue weighted by Crippen LogP contribution is -2.59. The van der Waals surface area contributed by atoms with Crippen LogP contribution in [0.4, 0.5) is 0 Å². The van der Waals surface area contributed by atoms with Crippen molar-refractivity contribution in [3.8, 4) is 5.75 Å². The number of benzene rings is 1. The molecule has 3 fully saturated rings. The number of phenolic OH excluding ortho intramolecular Hbond substituents is 1. The first-order valence-electron chi connectivity index (χ1n) is 15.4. The Labute approximate surface area is 251 Å². The Morgan fingerprint density at radius 1 is 1.19 bits per heavy atom. The number of aliphatic hydroxyl groups excluding tert-OH is 1. The number of allylic oxidation sites excluding steroid dienone is 2. The Hall–Kier alpha value is -3.37.